The first-order chi connectivity index (χ1) is 10.0. The molecule has 0 spiro atoms. The third kappa shape index (κ3) is 4.22. The Balaban J connectivity index is 1.68. The summed E-state index contributed by atoms with van der Waals surface area (Å²) >= 11 is 3.42. The van der Waals surface area contributed by atoms with Gasteiger partial charge in [-0.05, 0) is 44.4 Å². The Morgan fingerprint density at radius 3 is 2.76 bits per heavy atom. The molecule has 2 N–H and O–H groups in total. The van der Waals surface area contributed by atoms with Crippen LogP contribution >= 0.6 is 23.1 Å². The van der Waals surface area contributed by atoms with E-state index in [-0.39, 0.29) is 6.04 Å². The van der Waals surface area contributed by atoms with E-state index in [4.69, 9.17) is 0 Å². The number of sulfonamides is 1. The van der Waals surface area contributed by atoms with E-state index >= 15 is 0 Å². The predicted octanol–water partition coefficient (Wildman–Crippen LogP) is 2.48. The highest BCUT2D eigenvalue weighted by molar-refractivity contribution is 7.99. The largest absolute Gasteiger partial charge is 0.309 e. The Labute approximate surface area is 135 Å². The molecule has 1 aromatic heterocycles. The Morgan fingerprint density at radius 1 is 1.29 bits per heavy atom. The number of thiophene rings is 1. The highest BCUT2D eigenvalue weighted by Gasteiger charge is 2.26. The summed E-state index contributed by atoms with van der Waals surface area (Å²) in [6, 6.07) is 2.57. The summed E-state index contributed by atoms with van der Waals surface area (Å²) in [7, 11) is -3.37. The Bertz CT molecular complexity index is 587. The fraction of sp³-hybridized carbons (Fsp3) is 0.714. The van der Waals surface area contributed by atoms with E-state index < -0.39 is 10.0 Å². The van der Waals surface area contributed by atoms with Crippen LogP contribution in [0.1, 0.15) is 35.4 Å². The van der Waals surface area contributed by atoms with Gasteiger partial charge in [-0.1, -0.05) is 0 Å². The quantitative estimate of drug-likeness (QED) is 0.831. The molecule has 2 heterocycles. The van der Waals surface area contributed by atoms with E-state index in [1.165, 1.54) is 12.8 Å². The van der Waals surface area contributed by atoms with E-state index in [9.17, 15) is 8.42 Å². The monoisotopic (exact) mass is 346 g/mol. The summed E-state index contributed by atoms with van der Waals surface area (Å²) in [5.41, 5.74) is 0. The summed E-state index contributed by atoms with van der Waals surface area (Å²) < 4.78 is 28.0. The number of aryl methyl sites for hydroxylation is 1. The van der Waals surface area contributed by atoms with Gasteiger partial charge in [-0.2, -0.15) is 11.8 Å². The highest BCUT2D eigenvalue weighted by Crippen LogP contribution is 2.28. The summed E-state index contributed by atoms with van der Waals surface area (Å²) in [5, 5.41) is 3.44. The van der Waals surface area contributed by atoms with Gasteiger partial charge in [0.05, 0.1) is 4.90 Å². The first-order valence-electron chi connectivity index (χ1n) is 7.47. The second-order valence-corrected chi connectivity index (χ2v) is 10.00. The van der Waals surface area contributed by atoms with E-state index in [0.717, 1.165) is 40.6 Å². The molecule has 1 atom stereocenters. The Morgan fingerprint density at radius 2 is 2.10 bits per heavy atom. The molecule has 3 rings (SSSR count). The summed E-state index contributed by atoms with van der Waals surface area (Å²) in [4.78, 5) is 2.46. The lowest BCUT2D eigenvalue weighted by Crippen LogP contribution is -2.38. The zero-order chi connectivity index (χ0) is 14.9. The average Bonchev–Trinajstić information content (AvgIpc) is 3.19. The number of nitrogens with one attached hydrogen (secondary N) is 2. The predicted molar refractivity (Wildman–Crippen MR) is 89.6 cm³/mol. The number of hydrogen-bond donors (Lipinski definition) is 2. The van der Waals surface area contributed by atoms with Gasteiger partial charge < -0.3 is 5.32 Å². The summed E-state index contributed by atoms with van der Waals surface area (Å²) in [5.74, 6) is 2.03. The summed E-state index contributed by atoms with van der Waals surface area (Å²) in [6.07, 6.45) is 4.54. The van der Waals surface area contributed by atoms with Gasteiger partial charge in [0, 0.05) is 34.1 Å². The molecule has 0 aromatic carbocycles. The molecular formula is C14H22N2O2S3. The van der Waals surface area contributed by atoms with Crippen LogP contribution in [-0.4, -0.2) is 32.0 Å². The van der Waals surface area contributed by atoms with E-state index in [1.807, 2.05) is 24.8 Å². The minimum absolute atomic E-state index is 0.0843. The molecule has 0 radical (unpaired) electrons. The number of rotatable bonds is 6. The van der Waals surface area contributed by atoms with Crippen molar-refractivity contribution in [1.29, 1.82) is 0 Å². The van der Waals surface area contributed by atoms with Crippen LogP contribution < -0.4 is 10.0 Å². The van der Waals surface area contributed by atoms with Gasteiger partial charge in [-0.15, -0.1) is 11.3 Å². The second kappa shape index (κ2) is 6.58. The van der Waals surface area contributed by atoms with Crippen LogP contribution in [0, 0.1) is 6.92 Å². The van der Waals surface area contributed by atoms with E-state index in [0.29, 0.717) is 10.9 Å². The lowest BCUT2D eigenvalue weighted by Gasteiger charge is -2.22. The molecule has 118 valence electrons. The van der Waals surface area contributed by atoms with Crippen LogP contribution in [0.25, 0.3) is 0 Å². The molecule has 4 nitrogen and oxygen atoms in total. The van der Waals surface area contributed by atoms with Gasteiger partial charge >= 0.3 is 0 Å². The topological polar surface area (TPSA) is 58.2 Å². The molecule has 1 aromatic rings. The molecule has 0 amide bonds. The van der Waals surface area contributed by atoms with Crippen LogP contribution in [0.2, 0.25) is 0 Å². The lowest BCUT2D eigenvalue weighted by molar-refractivity contribution is 0.543. The van der Waals surface area contributed by atoms with Crippen molar-refractivity contribution in [2.75, 3.05) is 11.5 Å². The fourth-order valence-electron chi connectivity index (χ4n) is 2.53. The summed E-state index contributed by atoms with van der Waals surface area (Å²) in [6.45, 7) is 2.68. The first-order valence-corrected chi connectivity index (χ1v) is 10.9. The lowest BCUT2D eigenvalue weighted by atomic mass is 10.2. The van der Waals surface area contributed by atoms with Gasteiger partial charge in [0.1, 0.15) is 0 Å². The van der Waals surface area contributed by atoms with E-state index in [2.05, 4.69) is 10.0 Å². The van der Waals surface area contributed by atoms with Crippen molar-refractivity contribution in [3.63, 3.8) is 0 Å². The van der Waals surface area contributed by atoms with Crippen LogP contribution in [0.15, 0.2) is 11.0 Å². The average molecular weight is 347 g/mol. The highest BCUT2D eigenvalue weighted by atomic mass is 32.2. The molecule has 21 heavy (non-hydrogen) atoms. The third-order valence-electron chi connectivity index (χ3n) is 3.84. The van der Waals surface area contributed by atoms with Crippen molar-refractivity contribution in [3.8, 4) is 0 Å². The zero-order valence-corrected chi connectivity index (χ0v) is 14.7. The van der Waals surface area contributed by atoms with Crippen molar-refractivity contribution in [2.24, 2.45) is 0 Å². The number of thioether (sulfide) groups is 1. The zero-order valence-electron chi connectivity index (χ0n) is 12.2. The van der Waals surface area contributed by atoms with Crippen molar-refractivity contribution < 1.29 is 8.42 Å². The Kier molecular flexibility index (Phi) is 4.95. The minimum Gasteiger partial charge on any atom is -0.309 e. The van der Waals surface area contributed by atoms with Crippen molar-refractivity contribution in [2.45, 2.75) is 56.1 Å². The maximum atomic E-state index is 12.6. The molecule has 7 heteroatoms. The maximum Gasteiger partial charge on any atom is 0.241 e. The smallest absolute Gasteiger partial charge is 0.241 e. The molecule has 2 fully saturated rings. The third-order valence-corrected chi connectivity index (χ3v) is 7.88. The molecule has 0 bridgehead atoms. The molecule has 1 aliphatic heterocycles. The first kappa shape index (κ1) is 15.8. The van der Waals surface area contributed by atoms with Crippen LogP contribution in [0.3, 0.4) is 0 Å². The van der Waals surface area contributed by atoms with Gasteiger partial charge in [0.15, 0.2) is 0 Å². The van der Waals surface area contributed by atoms with Gasteiger partial charge in [0.25, 0.3) is 0 Å². The van der Waals surface area contributed by atoms with E-state index in [1.54, 1.807) is 11.3 Å². The molecule has 1 aliphatic carbocycles. The van der Waals surface area contributed by atoms with Crippen molar-refractivity contribution in [1.82, 2.24) is 10.0 Å². The van der Waals surface area contributed by atoms with Crippen LogP contribution in [0.4, 0.5) is 0 Å². The second-order valence-electron chi connectivity index (χ2n) is 5.82. The molecular weight excluding hydrogens is 324 g/mol. The fourth-order valence-corrected chi connectivity index (χ4v) is 6.56. The molecule has 1 unspecified atom stereocenters. The van der Waals surface area contributed by atoms with Crippen molar-refractivity contribution >= 4 is 33.1 Å². The maximum absolute atomic E-state index is 12.6. The standard InChI is InChI=1S/C14H22N2O2S3/c1-10-14(7-13(20-10)8-15-11-4-5-11)21(17,18)16-12-3-2-6-19-9-12/h7,11-12,15-16H,2-6,8-9H2,1H3. The molecule has 1 saturated heterocycles. The number of hydrogen-bond acceptors (Lipinski definition) is 5. The van der Waals surface area contributed by atoms with Gasteiger partial charge in [-0.3, -0.25) is 0 Å². The SMILES string of the molecule is Cc1sc(CNC2CC2)cc1S(=O)(=O)NC1CCCSC1. The van der Waals surface area contributed by atoms with Gasteiger partial charge in [0.2, 0.25) is 10.0 Å². The van der Waals surface area contributed by atoms with Crippen molar-refractivity contribution in [3.05, 3.63) is 15.8 Å². The minimum atomic E-state index is -3.37. The van der Waals surface area contributed by atoms with Crippen LogP contribution in [0.5, 0.6) is 0 Å². The molecule has 1 saturated carbocycles. The van der Waals surface area contributed by atoms with Gasteiger partial charge in [-0.25, -0.2) is 13.1 Å². The normalized spacial score (nSPS) is 23.4. The Hall–Kier alpha value is -0.0800. The molecule has 2 aliphatic rings. The van der Waals surface area contributed by atoms with Crippen LogP contribution in [-0.2, 0) is 16.6 Å².